The average Bonchev–Trinajstić information content (AvgIpc) is 2.81. The zero-order chi connectivity index (χ0) is 12.3. The molecule has 2 aliphatic rings. The van der Waals surface area contributed by atoms with E-state index in [0.29, 0.717) is 0 Å². The molecule has 0 amide bonds. The van der Waals surface area contributed by atoms with Crippen molar-refractivity contribution in [2.45, 2.75) is 57.0 Å². The van der Waals surface area contributed by atoms with Crippen molar-refractivity contribution >= 4 is 0 Å². The minimum Gasteiger partial charge on any atom is -0.383 e. The first-order valence-corrected chi connectivity index (χ1v) is 7.23. The van der Waals surface area contributed by atoms with Gasteiger partial charge in [-0.25, -0.2) is 0 Å². The van der Waals surface area contributed by atoms with Crippen molar-refractivity contribution in [3.05, 3.63) is 0 Å². The fraction of sp³-hybridized carbons (Fsp3) is 1.00. The standard InChI is InChI=1S/C14H28N2O/c1-3-14(10-15,11-17-2)16-9-8-12-6-4-5-7-13(12)16/h12-13H,3-11,15H2,1-2H3. The van der Waals surface area contributed by atoms with E-state index in [1.807, 2.05) is 0 Å². The molecule has 0 spiro atoms. The second-order valence-electron chi connectivity index (χ2n) is 5.81. The molecule has 0 aromatic rings. The van der Waals surface area contributed by atoms with E-state index >= 15 is 0 Å². The third-order valence-electron chi connectivity index (χ3n) is 5.07. The summed E-state index contributed by atoms with van der Waals surface area (Å²) in [6.45, 7) is 4.98. The minimum absolute atomic E-state index is 0.0888. The Kier molecular flexibility index (Phi) is 4.45. The van der Waals surface area contributed by atoms with Gasteiger partial charge < -0.3 is 10.5 Å². The van der Waals surface area contributed by atoms with Gasteiger partial charge in [0.15, 0.2) is 0 Å². The molecule has 2 rings (SSSR count). The van der Waals surface area contributed by atoms with Gasteiger partial charge >= 0.3 is 0 Å². The zero-order valence-corrected chi connectivity index (χ0v) is 11.5. The summed E-state index contributed by atoms with van der Waals surface area (Å²) in [6, 6.07) is 0.780. The lowest BCUT2D eigenvalue weighted by molar-refractivity contribution is -0.00833. The summed E-state index contributed by atoms with van der Waals surface area (Å²) in [5.74, 6) is 0.929. The lowest BCUT2D eigenvalue weighted by atomic mass is 9.83. The highest BCUT2D eigenvalue weighted by molar-refractivity contribution is 5.00. The molecule has 2 fully saturated rings. The van der Waals surface area contributed by atoms with Gasteiger partial charge in [-0.1, -0.05) is 19.8 Å². The van der Waals surface area contributed by atoms with Crippen LogP contribution in [0.4, 0.5) is 0 Å². The number of ether oxygens (including phenoxy) is 1. The van der Waals surface area contributed by atoms with Gasteiger partial charge in [0, 0.05) is 19.7 Å². The number of nitrogens with two attached hydrogens (primary N) is 1. The Bertz CT molecular complexity index is 240. The largest absolute Gasteiger partial charge is 0.383 e. The molecular weight excluding hydrogens is 212 g/mol. The molecule has 0 bridgehead atoms. The predicted molar refractivity (Wildman–Crippen MR) is 71.0 cm³/mol. The molecule has 1 saturated carbocycles. The molecular formula is C14H28N2O. The molecule has 0 aromatic heterocycles. The van der Waals surface area contributed by atoms with E-state index in [0.717, 1.165) is 31.5 Å². The highest BCUT2D eigenvalue weighted by Crippen LogP contribution is 2.40. The fourth-order valence-corrected chi connectivity index (χ4v) is 3.97. The van der Waals surface area contributed by atoms with Crippen LogP contribution in [0.3, 0.4) is 0 Å². The number of hydrogen-bond donors (Lipinski definition) is 1. The lowest BCUT2D eigenvalue weighted by Gasteiger charge is -2.45. The third-order valence-corrected chi connectivity index (χ3v) is 5.07. The topological polar surface area (TPSA) is 38.5 Å². The maximum atomic E-state index is 6.08. The quantitative estimate of drug-likeness (QED) is 0.799. The monoisotopic (exact) mass is 240 g/mol. The molecule has 3 nitrogen and oxygen atoms in total. The van der Waals surface area contributed by atoms with Crippen LogP contribution in [0.25, 0.3) is 0 Å². The summed E-state index contributed by atoms with van der Waals surface area (Å²) < 4.78 is 5.46. The summed E-state index contributed by atoms with van der Waals surface area (Å²) in [6.07, 6.45) is 8.10. The SMILES string of the molecule is CCC(CN)(COC)N1CCC2CCCCC21. The molecule has 3 heteroatoms. The summed E-state index contributed by atoms with van der Waals surface area (Å²) in [5, 5.41) is 0. The van der Waals surface area contributed by atoms with Gasteiger partial charge in [-0.15, -0.1) is 0 Å². The van der Waals surface area contributed by atoms with Gasteiger partial charge in [0.2, 0.25) is 0 Å². The van der Waals surface area contributed by atoms with E-state index < -0.39 is 0 Å². The second kappa shape index (κ2) is 5.68. The smallest absolute Gasteiger partial charge is 0.0659 e. The Morgan fingerprint density at radius 3 is 2.71 bits per heavy atom. The van der Waals surface area contributed by atoms with Crippen molar-refractivity contribution in [1.29, 1.82) is 0 Å². The van der Waals surface area contributed by atoms with Crippen LogP contribution < -0.4 is 5.73 Å². The van der Waals surface area contributed by atoms with Crippen molar-refractivity contribution < 1.29 is 4.74 Å². The maximum absolute atomic E-state index is 6.08. The summed E-state index contributed by atoms with van der Waals surface area (Å²) in [7, 11) is 1.80. The van der Waals surface area contributed by atoms with Crippen molar-refractivity contribution in [3.8, 4) is 0 Å². The van der Waals surface area contributed by atoms with Crippen LogP contribution in [-0.4, -0.2) is 43.3 Å². The summed E-state index contributed by atoms with van der Waals surface area (Å²) >= 11 is 0. The van der Waals surface area contributed by atoms with E-state index in [2.05, 4.69) is 11.8 Å². The number of fused-ring (bicyclic) bond motifs is 1. The number of methoxy groups -OCH3 is 1. The molecule has 1 saturated heterocycles. The Balaban J connectivity index is 2.13. The first-order chi connectivity index (χ1) is 8.27. The summed E-state index contributed by atoms with van der Waals surface area (Å²) in [5.41, 5.74) is 6.17. The van der Waals surface area contributed by atoms with Gasteiger partial charge in [-0.05, 0) is 38.1 Å². The molecule has 17 heavy (non-hydrogen) atoms. The Morgan fingerprint density at radius 1 is 1.29 bits per heavy atom. The van der Waals surface area contributed by atoms with Crippen molar-refractivity contribution in [2.75, 3.05) is 26.8 Å². The predicted octanol–water partition coefficient (Wildman–Crippen LogP) is 2.00. The Labute approximate surface area is 106 Å². The maximum Gasteiger partial charge on any atom is 0.0659 e. The van der Waals surface area contributed by atoms with Gasteiger partial charge in [-0.2, -0.15) is 0 Å². The third kappa shape index (κ3) is 2.38. The minimum atomic E-state index is 0.0888. The van der Waals surface area contributed by atoms with Crippen LogP contribution in [0.2, 0.25) is 0 Å². The van der Waals surface area contributed by atoms with E-state index in [1.54, 1.807) is 7.11 Å². The number of nitrogens with zero attached hydrogens (tertiary/aromatic N) is 1. The molecule has 100 valence electrons. The fourth-order valence-electron chi connectivity index (χ4n) is 3.97. The van der Waals surface area contributed by atoms with Crippen LogP contribution in [0.15, 0.2) is 0 Å². The van der Waals surface area contributed by atoms with Gasteiger partial charge in [0.25, 0.3) is 0 Å². The lowest BCUT2D eigenvalue weighted by Crippen LogP contribution is -2.59. The van der Waals surface area contributed by atoms with Gasteiger partial charge in [0.1, 0.15) is 0 Å². The average molecular weight is 240 g/mol. The first-order valence-electron chi connectivity index (χ1n) is 7.23. The van der Waals surface area contributed by atoms with E-state index in [9.17, 15) is 0 Å². The molecule has 1 heterocycles. The highest BCUT2D eigenvalue weighted by atomic mass is 16.5. The Morgan fingerprint density at radius 2 is 2.06 bits per heavy atom. The van der Waals surface area contributed by atoms with Crippen LogP contribution in [0.5, 0.6) is 0 Å². The van der Waals surface area contributed by atoms with Crippen molar-refractivity contribution in [1.82, 2.24) is 4.90 Å². The molecule has 3 atom stereocenters. The van der Waals surface area contributed by atoms with Crippen LogP contribution in [0.1, 0.15) is 45.4 Å². The molecule has 1 aliphatic carbocycles. The van der Waals surface area contributed by atoms with Crippen molar-refractivity contribution in [2.24, 2.45) is 11.7 Å². The second-order valence-corrected chi connectivity index (χ2v) is 5.81. The number of rotatable bonds is 5. The normalized spacial score (nSPS) is 33.4. The van der Waals surface area contributed by atoms with E-state index in [4.69, 9.17) is 10.5 Å². The Hall–Kier alpha value is -0.120. The molecule has 0 aromatic carbocycles. The molecule has 3 unspecified atom stereocenters. The van der Waals surface area contributed by atoms with Crippen molar-refractivity contribution in [3.63, 3.8) is 0 Å². The number of hydrogen-bond acceptors (Lipinski definition) is 3. The number of likely N-dealkylation sites (tertiary alicyclic amines) is 1. The van der Waals surface area contributed by atoms with Crippen LogP contribution in [-0.2, 0) is 4.74 Å². The highest BCUT2D eigenvalue weighted by Gasteiger charge is 2.45. The van der Waals surface area contributed by atoms with Crippen LogP contribution in [0, 0.1) is 5.92 Å². The van der Waals surface area contributed by atoms with Gasteiger partial charge in [0.05, 0.1) is 12.1 Å². The van der Waals surface area contributed by atoms with Gasteiger partial charge in [-0.3, -0.25) is 4.90 Å². The zero-order valence-electron chi connectivity index (χ0n) is 11.5. The van der Waals surface area contributed by atoms with E-state index in [-0.39, 0.29) is 5.54 Å². The molecule has 1 aliphatic heterocycles. The molecule has 2 N–H and O–H groups in total. The van der Waals surface area contributed by atoms with E-state index in [1.165, 1.54) is 38.6 Å². The molecule has 0 radical (unpaired) electrons. The first kappa shape index (κ1) is 13.3. The summed E-state index contributed by atoms with van der Waals surface area (Å²) in [4.78, 5) is 2.69. The van der Waals surface area contributed by atoms with Crippen LogP contribution >= 0.6 is 0 Å².